The number of rotatable bonds is 5. The van der Waals surface area contributed by atoms with Crippen molar-refractivity contribution in [2.45, 2.75) is 12.8 Å². The molecule has 6 heteroatoms. The van der Waals surface area contributed by atoms with Gasteiger partial charge >= 0.3 is 5.97 Å². The molecule has 0 bridgehead atoms. The lowest BCUT2D eigenvalue weighted by Crippen LogP contribution is -2.22. The standard InChI is InChI=1S/C19H19NO5/c1-23-18(22)15-8-6-14(7-9-15)17(21)20-12-13-2-4-16(5-3-13)19-24-10-11-25-19/h2-9,19H,10-12H2,1H3,(H,20,21). The minimum atomic E-state index is -0.428. The number of carbonyl (C=O) groups is 2. The van der Waals surface area contributed by atoms with Gasteiger partial charge in [0.05, 0.1) is 25.9 Å². The molecule has 1 saturated heterocycles. The van der Waals surface area contributed by atoms with Crippen LogP contribution in [0.3, 0.4) is 0 Å². The summed E-state index contributed by atoms with van der Waals surface area (Å²) in [4.78, 5) is 23.6. The first-order valence-electron chi connectivity index (χ1n) is 7.96. The van der Waals surface area contributed by atoms with Crippen molar-refractivity contribution in [1.29, 1.82) is 0 Å². The summed E-state index contributed by atoms with van der Waals surface area (Å²) >= 11 is 0. The van der Waals surface area contributed by atoms with Crippen molar-refractivity contribution in [3.05, 3.63) is 70.8 Å². The van der Waals surface area contributed by atoms with Crippen molar-refractivity contribution >= 4 is 11.9 Å². The third-order valence-corrected chi connectivity index (χ3v) is 3.89. The van der Waals surface area contributed by atoms with Gasteiger partial charge in [0.25, 0.3) is 5.91 Å². The van der Waals surface area contributed by atoms with Crippen molar-refractivity contribution < 1.29 is 23.8 Å². The van der Waals surface area contributed by atoms with Gasteiger partial charge in [-0.25, -0.2) is 4.79 Å². The molecule has 0 aromatic heterocycles. The van der Waals surface area contributed by atoms with Crippen molar-refractivity contribution in [3.63, 3.8) is 0 Å². The number of carbonyl (C=O) groups excluding carboxylic acids is 2. The van der Waals surface area contributed by atoms with Crippen molar-refractivity contribution in [1.82, 2.24) is 5.32 Å². The maximum atomic E-state index is 12.2. The third kappa shape index (κ3) is 4.23. The van der Waals surface area contributed by atoms with Crippen LogP contribution in [0.4, 0.5) is 0 Å². The predicted octanol–water partition coefficient (Wildman–Crippen LogP) is 2.45. The Bertz CT molecular complexity index is 733. The van der Waals surface area contributed by atoms with Crippen LogP contribution in [0.25, 0.3) is 0 Å². The Balaban J connectivity index is 1.55. The van der Waals surface area contributed by atoms with Gasteiger partial charge in [-0.1, -0.05) is 24.3 Å². The minimum absolute atomic E-state index is 0.206. The quantitative estimate of drug-likeness (QED) is 0.846. The van der Waals surface area contributed by atoms with Crippen LogP contribution in [0.5, 0.6) is 0 Å². The Kier molecular flexibility index (Phi) is 5.42. The summed E-state index contributed by atoms with van der Waals surface area (Å²) < 4.78 is 15.5. The number of hydrogen-bond acceptors (Lipinski definition) is 5. The fraction of sp³-hybridized carbons (Fsp3) is 0.263. The van der Waals surface area contributed by atoms with Crippen molar-refractivity contribution in [2.75, 3.05) is 20.3 Å². The molecule has 0 aliphatic carbocycles. The smallest absolute Gasteiger partial charge is 0.337 e. The molecule has 0 spiro atoms. The van der Waals surface area contributed by atoms with Gasteiger partial charge in [0, 0.05) is 17.7 Å². The van der Waals surface area contributed by atoms with Crippen LogP contribution in [-0.2, 0) is 20.8 Å². The maximum absolute atomic E-state index is 12.2. The highest BCUT2D eigenvalue weighted by Gasteiger charge is 2.17. The molecule has 0 atom stereocenters. The average Bonchev–Trinajstić information content (AvgIpc) is 3.21. The van der Waals surface area contributed by atoms with Gasteiger partial charge in [0.15, 0.2) is 6.29 Å². The van der Waals surface area contributed by atoms with Crippen molar-refractivity contribution in [3.8, 4) is 0 Å². The topological polar surface area (TPSA) is 73.9 Å². The van der Waals surface area contributed by atoms with E-state index in [-0.39, 0.29) is 12.2 Å². The van der Waals surface area contributed by atoms with Crippen LogP contribution >= 0.6 is 0 Å². The van der Waals surface area contributed by atoms with Crippen LogP contribution in [-0.4, -0.2) is 32.2 Å². The van der Waals surface area contributed by atoms with Gasteiger partial charge in [0.2, 0.25) is 0 Å². The van der Waals surface area contributed by atoms with E-state index in [0.29, 0.717) is 30.9 Å². The molecule has 3 rings (SSSR count). The molecular formula is C19H19NO5. The fourth-order valence-corrected chi connectivity index (χ4v) is 2.50. The van der Waals surface area contributed by atoms with Crippen LogP contribution in [0.15, 0.2) is 48.5 Å². The van der Waals surface area contributed by atoms with Crippen LogP contribution < -0.4 is 5.32 Å². The molecule has 130 valence electrons. The third-order valence-electron chi connectivity index (χ3n) is 3.89. The summed E-state index contributed by atoms with van der Waals surface area (Å²) in [6, 6.07) is 14.1. The monoisotopic (exact) mass is 341 g/mol. The lowest BCUT2D eigenvalue weighted by molar-refractivity contribution is -0.0441. The number of nitrogens with one attached hydrogen (secondary N) is 1. The summed E-state index contributed by atoms with van der Waals surface area (Å²) in [6.45, 7) is 1.62. The summed E-state index contributed by atoms with van der Waals surface area (Å²) in [6.07, 6.45) is -0.294. The molecule has 0 saturated carbocycles. The van der Waals surface area contributed by atoms with E-state index in [1.54, 1.807) is 24.3 Å². The zero-order valence-electron chi connectivity index (χ0n) is 13.9. The van der Waals surface area contributed by atoms with E-state index in [1.165, 1.54) is 7.11 Å². The lowest BCUT2D eigenvalue weighted by Gasteiger charge is -2.10. The lowest BCUT2D eigenvalue weighted by atomic mass is 10.1. The molecular weight excluding hydrogens is 322 g/mol. The number of amides is 1. The first-order valence-corrected chi connectivity index (χ1v) is 7.96. The SMILES string of the molecule is COC(=O)c1ccc(C(=O)NCc2ccc(C3OCCO3)cc2)cc1. The second kappa shape index (κ2) is 7.92. The molecule has 1 aliphatic heterocycles. The van der Waals surface area contributed by atoms with Crippen LogP contribution in [0.2, 0.25) is 0 Å². The molecule has 2 aromatic rings. The van der Waals surface area contributed by atoms with Crippen LogP contribution in [0, 0.1) is 0 Å². The Labute approximate surface area is 145 Å². The van der Waals surface area contributed by atoms with E-state index in [1.807, 2.05) is 24.3 Å². The Morgan fingerprint density at radius 3 is 2.20 bits per heavy atom. The van der Waals surface area contributed by atoms with Gasteiger partial charge in [-0.05, 0) is 29.8 Å². The molecule has 1 heterocycles. The zero-order chi connectivity index (χ0) is 17.6. The minimum Gasteiger partial charge on any atom is -0.465 e. The highest BCUT2D eigenvalue weighted by molar-refractivity contribution is 5.96. The van der Waals surface area contributed by atoms with Gasteiger partial charge in [-0.2, -0.15) is 0 Å². The molecule has 25 heavy (non-hydrogen) atoms. The normalized spacial score (nSPS) is 14.3. The first-order chi connectivity index (χ1) is 12.2. The second-order valence-corrected chi connectivity index (χ2v) is 5.57. The Morgan fingerprint density at radius 2 is 1.60 bits per heavy atom. The molecule has 0 radical (unpaired) electrons. The second-order valence-electron chi connectivity index (χ2n) is 5.57. The largest absolute Gasteiger partial charge is 0.465 e. The van der Waals surface area contributed by atoms with Gasteiger partial charge in [0.1, 0.15) is 0 Å². The van der Waals surface area contributed by atoms with Gasteiger partial charge < -0.3 is 19.5 Å². The highest BCUT2D eigenvalue weighted by atomic mass is 16.7. The molecule has 0 unspecified atom stereocenters. The van der Waals surface area contributed by atoms with Crippen LogP contribution in [0.1, 0.15) is 38.1 Å². The summed E-state index contributed by atoms with van der Waals surface area (Å²) in [5.74, 6) is -0.634. The van der Waals surface area contributed by atoms with E-state index < -0.39 is 5.97 Å². The number of esters is 1. The van der Waals surface area contributed by atoms with Crippen molar-refractivity contribution in [2.24, 2.45) is 0 Å². The van der Waals surface area contributed by atoms with Gasteiger partial charge in [-0.15, -0.1) is 0 Å². The molecule has 2 aromatic carbocycles. The molecule has 1 aliphatic rings. The average molecular weight is 341 g/mol. The fourth-order valence-electron chi connectivity index (χ4n) is 2.50. The Morgan fingerprint density at radius 1 is 1.00 bits per heavy atom. The number of ether oxygens (including phenoxy) is 3. The first kappa shape index (κ1) is 17.1. The van der Waals surface area contributed by atoms with E-state index >= 15 is 0 Å². The summed E-state index contributed by atoms with van der Waals surface area (Å²) in [7, 11) is 1.32. The van der Waals surface area contributed by atoms with E-state index in [2.05, 4.69) is 10.1 Å². The number of methoxy groups -OCH3 is 1. The molecule has 1 N–H and O–H groups in total. The van der Waals surface area contributed by atoms with Gasteiger partial charge in [-0.3, -0.25) is 4.79 Å². The van der Waals surface area contributed by atoms with E-state index in [4.69, 9.17) is 9.47 Å². The maximum Gasteiger partial charge on any atom is 0.337 e. The molecule has 1 fully saturated rings. The van der Waals surface area contributed by atoms with E-state index in [0.717, 1.165) is 11.1 Å². The summed E-state index contributed by atoms with van der Waals surface area (Å²) in [5, 5.41) is 2.85. The van der Waals surface area contributed by atoms with E-state index in [9.17, 15) is 9.59 Å². The number of benzene rings is 2. The number of hydrogen-bond donors (Lipinski definition) is 1. The zero-order valence-corrected chi connectivity index (χ0v) is 13.9. The Hall–Kier alpha value is -2.70. The summed E-state index contributed by atoms with van der Waals surface area (Å²) in [5.41, 5.74) is 2.83. The molecule has 6 nitrogen and oxygen atoms in total. The molecule has 1 amide bonds. The highest BCUT2D eigenvalue weighted by Crippen LogP contribution is 2.23. The predicted molar refractivity (Wildman–Crippen MR) is 90.0 cm³/mol.